The van der Waals surface area contributed by atoms with Crippen LogP contribution < -0.4 is 11.1 Å². The van der Waals surface area contributed by atoms with Crippen molar-refractivity contribution in [1.82, 2.24) is 10.2 Å². The lowest BCUT2D eigenvalue weighted by molar-refractivity contribution is -0.132. The quantitative estimate of drug-likeness (QED) is 0.802. The first kappa shape index (κ1) is 17.9. The molecule has 2 rings (SSSR count). The summed E-state index contributed by atoms with van der Waals surface area (Å²) in [6.07, 6.45) is 1.29. The Labute approximate surface area is 139 Å². The van der Waals surface area contributed by atoms with Crippen LogP contribution in [-0.2, 0) is 22.6 Å². The summed E-state index contributed by atoms with van der Waals surface area (Å²) < 4.78 is 5.64. The lowest BCUT2D eigenvalue weighted by atomic mass is 10.1. The lowest BCUT2D eigenvalue weighted by Crippen LogP contribution is -2.35. The molecule has 3 N–H and O–H groups in total. The molecule has 1 aromatic rings. The minimum atomic E-state index is -0.353. The molecule has 0 aromatic heterocycles. The van der Waals surface area contributed by atoms with E-state index in [1.165, 1.54) is 5.56 Å². The molecular weight excluding hydrogens is 290 g/mol. The van der Waals surface area contributed by atoms with Crippen molar-refractivity contribution in [2.75, 3.05) is 13.6 Å². The Kier molecular flexibility index (Phi) is 6.57. The average molecular weight is 319 g/mol. The predicted molar refractivity (Wildman–Crippen MR) is 91.8 cm³/mol. The van der Waals surface area contributed by atoms with Gasteiger partial charge in [-0.1, -0.05) is 24.3 Å². The Balaban J connectivity index is 1.91. The highest BCUT2D eigenvalue weighted by atomic mass is 16.5. The fraction of sp³-hybridized carbons (Fsp3) is 0.611. The van der Waals surface area contributed by atoms with Crippen LogP contribution in [0.15, 0.2) is 24.3 Å². The van der Waals surface area contributed by atoms with Gasteiger partial charge in [0.15, 0.2) is 0 Å². The molecule has 0 spiro atoms. The highest BCUT2D eigenvalue weighted by Crippen LogP contribution is 2.19. The number of amides is 1. The van der Waals surface area contributed by atoms with E-state index in [0.29, 0.717) is 19.1 Å². The second kappa shape index (κ2) is 8.43. The van der Waals surface area contributed by atoms with Crippen molar-refractivity contribution in [2.45, 2.75) is 58.0 Å². The van der Waals surface area contributed by atoms with Crippen LogP contribution in [0, 0.1) is 0 Å². The molecule has 5 heteroatoms. The zero-order valence-electron chi connectivity index (χ0n) is 14.4. The summed E-state index contributed by atoms with van der Waals surface area (Å²) in [7, 11) is 2.11. The Morgan fingerprint density at radius 1 is 1.35 bits per heavy atom. The van der Waals surface area contributed by atoms with Crippen LogP contribution >= 0.6 is 0 Å². The minimum Gasteiger partial charge on any atom is -0.364 e. The Hall–Kier alpha value is -1.43. The van der Waals surface area contributed by atoms with E-state index in [9.17, 15) is 4.79 Å². The lowest BCUT2D eigenvalue weighted by Gasteiger charge is -2.22. The maximum absolute atomic E-state index is 12.2. The molecule has 1 fully saturated rings. The first-order chi connectivity index (χ1) is 11.0. The number of benzene rings is 1. The fourth-order valence-corrected chi connectivity index (χ4v) is 2.70. The van der Waals surface area contributed by atoms with Crippen molar-refractivity contribution in [3.05, 3.63) is 35.4 Å². The summed E-state index contributed by atoms with van der Waals surface area (Å²) in [6.45, 7) is 6.24. The number of nitrogens with one attached hydrogen (secondary N) is 1. The van der Waals surface area contributed by atoms with Gasteiger partial charge < -0.3 is 15.8 Å². The number of carbonyl (C=O) groups excluding carboxylic acids is 1. The number of nitrogens with zero attached hydrogens (tertiary/aromatic N) is 1. The normalized spacial score (nSPS) is 21.1. The van der Waals surface area contributed by atoms with Crippen LogP contribution in [-0.4, -0.2) is 42.6 Å². The van der Waals surface area contributed by atoms with Crippen molar-refractivity contribution < 1.29 is 9.53 Å². The van der Waals surface area contributed by atoms with Crippen LogP contribution in [0.5, 0.6) is 0 Å². The van der Waals surface area contributed by atoms with Crippen LogP contribution in [0.1, 0.15) is 37.8 Å². The molecule has 0 aliphatic carbocycles. The second-order valence-corrected chi connectivity index (χ2v) is 6.56. The van der Waals surface area contributed by atoms with Gasteiger partial charge in [-0.25, -0.2) is 0 Å². The number of hydrogen-bond acceptors (Lipinski definition) is 4. The van der Waals surface area contributed by atoms with E-state index in [1.807, 2.05) is 12.1 Å². The molecule has 1 saturated heterocycles. The van der Waals surface area contributed by atoms with Gasteiger partial charge in [-0.3, -0.25) is 9.69 Å². The van der Waals surface area contributed by atoms with Gasteiger partial charge in [-0.2, -0.15) is 0 Å². The van der Waals surface area contributed by atoms with Gasteiger partial charge in [0.2, 0.25) is 5.91 Å². The molecule has 128 valence electrons. The van der Waals surface area contributed by atoms with Gasteiger partial charge in [-0.15, -0.1) is 0 Å². The summed E-state index contributed by atoms with van der Waals surface area (Å²) in [5.41, 5.74) is 7.99. The van der Waals surface area contributed by atoms with Gasteiger partial charge >= 0.3 is 0 Å². The van der Waals surface area contributed by atoms with Crippen LogP contribution in [0.3, 0.4) is 0 Å². The molecule has 1 aliphatic rings. The largest absolute Gasteiger partial charge is 0.364 e. The molecule has 0 bridgehead atoms. The van der Waals surface area contributed by atoms with Gasteiger partial charge in [0.05, 0.1) is 6.10 Å². The SMILES string of the molecule is CC(C)N(C)Cc1ccccc1CNC(=O)[C@@H]1CC[C@H](CN)O1. The van der Waals surface area contributed by atoms with E-state index in [2.05, 4.69) is 43.2 Å². The Morgan fingerprint density at radius 2 is 2.04 bits per heavy atom. The Morgan fingerprint density at radius 3 is 2.65 bits per heavy atom. The number of nitrogens with two attached hydrogens (primary N) is 1. The highest BCUT2D eigenvalue weighted by molar-refractivity contribution is 5.81. The fourth-order valence-electron chi connectivity index (χ4n) is 2.70. The van der Waals surface area contributed by atoms with Gasteiger partial charge in [0.1, 0.15) is 6.10 Å². The molecule has 0 unspecified atom stereocenters. The summed E-state index contributed by atoms with van der Waals surface area (Å²) in [5, 5.41) is 3.01. The van der Waals surface area contributed by atoms with E-state index in [-0.39, 0.29) is 18.1 Å². The van der Waals surface area contributed by atoms with E-state index in [0.717, 1.165) is 24.9 Å². The minimum absolute atomic E-state index is 0.0257. The van der Waals surface area contributed by atoms with E-state index in [1.54, 1.807) is 0 Å². The van der Waals surface area contributed by atoms with Crippen molar-refractivity contribution in [3.63, 3.8) is 0 Å². The van der Waals surface area contributed by atoms with E-state index < -0.39 is 0 Å². The topological polar surface area (TPSA) is 67.6 Å². The zero-order chi connectivity index (χ0) is 16.8. The van der Waals surface area contributed by atoms with Gasteiger partial charge in [0.25, 0.3) is 0 Å². The molecular formula is C18H29N3O2. The molecule has 5 nitrogen and oxygen atoms in total. The third-order valence-electron chi connectivity index (χ3n) is 4.54. The van der Waals surface area contributed by atoms with E-state index >= 15 is 0 Å². The van der Waals surface area contributed by atoms with Crippen LogP contribution in [0.2, 0.25) is 0 Å². The highest BCUT2D eigenvalue weighted by Gasteiger charge is 2.29. The third kappa shape index (κ3) is 5.03. The van der Waals surface area contributed by atoms with Gasteiger partial charge in [0, 0.05) is 25.7 Å². The maximum atomic E-state index is 12.2. The monoisotopic (exact) mass is 319 g/mol. The van der Waals surface area contributed by atoms with Crippen LogP contribution in [0.4, 0.5) is 0 Å². The average Bonchev–Trinajstić information content (AvgIpc) is 3.02. The van der Waals surface area contributed by atoms with Crippen molar-refractivity contribution in [1.29, 1.82) is 0 Å². The van der Waals surface area contributed by atoms with Crippen LogP contribution in [0.25, 0.3) is 0 Å². The standard InChI is InChI=1S/C18H29N3O2/c1-13(2)21(3)12-15-7-5-4-6-14(15)11-20-18(22)17-9-8-16(10-19)23-17/h4-7,13,16-17H,8-12,19H2,1-3H3,(H,20,22)/t16-,17+/m1/s1. The molecule has 1 heterocycles. The van der Waals surface area contributed by atoms with Crippen molar-refractivity contribution >= 4 is 5.91 Å². The molecule has 1 amide bonds. The summed E-state index contributed by atoms with van der Waals surface area (Å²) in [6, 6.07) is 8.73. The second-order valence-electron chi connectivity index (χ2n) is 6.56. The maximum Gasteiger partial charge on any atom is 0.249 e. The van der Waals surface area contributed by atoms with E-state index in [4.69, 9.17) is 10.5 Å². The molecule has 0 radical (unpaired) electrons. The number of hydrogen-bond donors (Lipinski definition) is 2. The summed E-state index contributed by atoms with van der Waals surface area (Å²) >= 11 is 0. The molecule has 23 heavy (non-hydrogen) atoms. The van der Waals surface area contributed by atoms with Crippen molar-refractivity contribution in [3.8, 4) is 0 Å². The number of rotatable bonds is 7. The number of carbonyl (C=O) groups is 1. The molecule has 1 aromatic carbocycles. The third-order valence-corrected chi connectivity index (χ3v) is 4.54. The first-order valence-electron chi connectivity index (χ1n) is 8.41. The predicted octanol–water partition coefficient (Wildman–Crippen LogP) is 1.65. The Bertz CT molecular complexity index is 519. The smallest absolute Gasteiger partial charge is 0.249 e. The molecule has 2 atom stereocenters. The molecule has 0 saturated carbocycles. The summed E-state index contributed by atoms with van der Waals surface area (Å²) in [5.74, 6) is -0.0343. The van der Waals surface area contributed by atoms with Gasteiger partial charge in [-0.05, 0) is 44.9 Å². The summed E-state index contributed by atoms with van der Waals surface area (Å²) in [4.78, 5) is 14.5. The van der Waals surface area contributed by atoms with Crippen molar-refractivity contribution in [2.24, 2.45) is 5.73 Å². The number of ether oxygens (including phenoxy) is 1. The zero-order valence-corrected chi connectivity index (χ0v) is 14.4. The first-order valence-corrected chi connectivity index (χ1v) is 8.41. The molecule has 1 aliphatic heterocycles.